The second-order valence-corrected chi connectivity index (χ2v) is 9.86. The van der Waals surface area contributed by atoms with Crippen LogP contribution in [0.15, 0.2) is 64.5 Å². The zero-order valence-electron chi connectivity index (χ0n) is 19.2. The summed E-state index contributed by atoms with van der Waals surface area (Å²) >= 11 is 7.66. The van der Waals surface area contributed by atoms with Crippen molar-refractivity contribution in [2.24, 2.45) is 0 Å². The van der Waals surface area contributed by atoms with Crippen molar-refractivity contribution in [2.45, 2.75) is 31.3 Å². The molecule has 0 bridgehead atoms. The minimum Gasteiger partial charge on any atom is -0.495 e. The van der Waals surface area contributed by atoms with Crippen molar-refractivity contribution in [3.8, 4) is 22.8 Å². The third-order valence-electron chi connectivity index (χ3n) is 5.07. The van der Waals surface area contributed by atoms with Gasteiger partial charge in [-0.3, -0.25) is 9.36 Å². The Morgan fingerprint density at radius 1 is 1.15 bits per heavy atom. The first kappa shape index (κ1) is 23.8. The Morgan fingerprint density at radius 3 is 2.53 bits per heavy atom. The molecule has 8 nitrogen and oxygen atoms in total. The van der Waals surface area contributed by atoms with Crippen LogP contribution >= 0.6 is 23.4 Å². The average Bonchev–Trinajstić information content (AvgIpc) is 3.47. The number of benzene rings is 2. The summed E-state index contributed by atoms with van der Waals surface area (Å²) in [4.78, 5) is 12.4. The van der Waals surface area contributed by atoms with Crippen molar-refractivity contribution in [3.05, 3.63) is 65.4 Å². The fourth-order valence-electron chi connectivity index (χ4n) is 3.28. The van der Waals surface area contributed by atoms with Gasteiger partial charge in [-0.1, -0.05) is 73.6 Å². The maximum Gasteiger partial charge on any atom is 0.236 e. The second kappa shape index (κ2) is 9.90. The summed E-state index contributed by atoms with van der Waals surface area (Å²) in [5, 5.41) is 16.2. The third-order valence-corrected chi connectivity index (χ3v) is 6.30. The Labute approximate surface area is 206 Å². The van der Waals surface area contributed by atoms with Gasteiger partial charge in [-0.05, 0) is 29.2 Å². The number of anilines is 1. The van der Waals surface area contributed by atoms with Gasteiger partial charge in [0.1, 0.15) is 12.0 Å². The summed E-state index contributed by atoms with van der Waals surface area (Å²) < 4.78 is 11.9. The molecule has 176 valence electrons. The van der Waals surface area contributed by atoms with Crippen molar-refractivity contribution in [1.82, 2.24) is 19.9 Å². The molecule has 0 spiro atoms. The van der Waals surface area contributed by atoms with E-state index in [1.165, 1.54) is 23.6 Å². The van der Waals surface area contributed by atoms with Crippen LogP contribution < -0.4 is 10.1 Å². The fraction of sp³-hybridized carbons (Fsp3) is 0.250. The Balaban J connectivity index is 1.68. The molecule has 34 heavy (non-hydrogen) atoms. The molecule has 2 aromatic carbocycles. The molecule has 1 amide bonds. The third kappa shape index (κ3) is 5.26. The van der Waals surface area contributed by atoms with Crippen molar-refractivity contribution in [2.75, 3.05) is 18.2 Å². The molecule has 0 atom stereocenters. The van der Waals surface area contributed by atoms with E-state index in [9.17, 15) is 4.79 Å². The first-order valence-corrected chi connectivity index (χ1v) is 11.9. The van der Waals surface area contributed by atoms with Gasteiger partial charge in [0.2, 0.25) is 5.91 Å². The number of hydrogen-bond donors (Lipinski definition) is 1. The highest BCUT2D eigenvalue weighted by molar-refractivity contribution is 7.99. The van der Waals surface area contributed by atoms with E-state index >= 15 is 0 Å². The van der Waals surface area contributed by atoms with E-state index in [0.29, 0.717) is 27.6 Å². The SMILES string of the molecule is COc1ccc(-n2c(SCC(=O)Nc3ccon3)nnc2-c2ccc(C(C)(C)C)cc2)cc1Cl. The summed E-state index contributed by atoms with van der Waals surface area (Å²) in [5.41, 5.74) is 2.90. The summed E-state index contributed by atoms with van der Waals surface area (Å²) in [5.74, 6) is 1.43. The highest BCUT2D eigenvalue weighted by atomic mass is 35.5. The lowest BCUT2D eigenvalue weighted by molar-refractivity contribution is -0.113. The highest BCUT2D eigenvalue weighted by Crippen LogP contribution is 2.33. The van der Waals surface area contributed by atoms with Crippen LogP contribution in [0, 0.1) is 0 Å². The molecule has 0 saturated carbocycles. The standard InChI is InChI=1S/C24H24ClN5O3S/c1-24(2,3)16-7-5-15(6-8-16)22-27-28-23(34-14-21(31)26-20-11-12-33-29-20)30(22)17-9-10-19(32-4)18(25)13-17/h5-13H,14H2,1-4H3,(H,26,29,31). The predicted octanol–water partition coefficient (Wildman–Crippen LogP) is 5.61. The van der Waals surface area contributed by atoms with Gasteiger partial charge in [-0.15, -0.1) is 10.2 Å². The van der Waals surface area contributed by atoms with Crippen LogP contribution in [0.3, 0.4) is 0 Å². The first-order valence-electron chi connectivity index (χ1n) is 10.5. The predicted molar refractivity (Wildman–Crippen MR) is 133 cm³/mol. The van der Waals surface area contributed by atoms with Crippen molar-refractivity contribution >= 4 is 35.1 Å². The van der Waals surface area contributed by atoms with Crippen molar-refractivity contribution in [3.63, 3.8) is 0 Å². The summed E-state index contributed by atoms with van der Waals surface area (Å²) in [6.07, 6.45) is 1.39. The Bertz CT molecular complexity index is 1280. The molecule has 0 unspecified atom stereocenters. The number of thioether (sulfide) groups is 1. The number of carbonyl (C=O) groups is 1. The number of halogens is 1. The van der Waals surface area contributed by atoms with E-state index in [4.69, 9.17) is 20.9 Å². The number of methoxy groups -OCH3 is 1. The van der Waals surface area contributed by atoms with E-state index in [1.807, 2.05) is 22.8 Å². The van der Waals surface area contributed by atoms with Crippen LogP contribution in [-0.2, 0) is 10.2 Å². The first-order chi connectivity index (χ1) is 16.3. The van der Waals surface area contributed by atoms with Gasteiger partial charge in [-0.25, -0.2) is 0 Å². The van der Waals surface area contributed by atoms with Gasteiger partial charge < -0.3 is 14.6 Å². The second-order valence-electron chi connectivity index (χ2n) is 8.51. The minimum absolute atomic E-state index is 0.0356. The molecular formula is C24H24ClN5O3S. The van der Waals surface area contributed by atoms with Gasteiger partial charge in [0.25, 0.3) is 0 Å². The van der Waals surface area contributed by atoms with E-state index < -0.39 is 0 Å². The number of nitrogens with zero attached hydrogens (tertiary/aromatic N) is 4. The zero-order valence-corrected chi connectivity index (χ0v) is 20.8. The molecule has 0 saturated heterocycles. The van der Waals surface area contributed by atoms with Crippen LogP contribution in [0.5, 0.6) is 5.75 Å². The number of nitrogens with one attached hydrogen (secondary N) is 1. The molecule has 4 rings (SSSR count). The molecule has 2 aromatic heterocycles. The molecule has 0 aliphatic heterocycles. The quantitative estimate of drug-likeness (QED) is 0.331. The lowest BCUT2D eigenvalue weighted by Gasteiger charge is -2.19. The lowest BCUT2D eigenvalue weighted by Crippen LogP contribution is -2.14. The molecule has 10 heteroatoms. The average molecular weight is 498 g/mol. The molecule has 1 N–H and O–H groups in total. The van der Waals surface area contributed by atoms with E-state index in [-0.39, 0.29) is 17.1 Å². The molecular weight excluding hydrogens is 474 g/mol. The van der Waals surface area contributed by atoms with Gasteiger partial charge >= 0.3 is 0 Å². The molecule has 0 aliphatic carbocycles. The minimum atomic E-state index is -0.239. The van der Waals surface area contributed by atoms with Gasteiger partial charge in [0, 0.05) is 11.6 Å². The Morgan fingerprint density at radius 2 is 1.91 bits per heavy atom. The fourth-order valence-corrected chi connectivity index (χ4v) is 4.29. The Hall–Kier alpha value is -3.30. The highest BCUT2D eigenvalue weighted by Gasteiger charge is 2.20. The van der Waals surface area contributed by atoms with E-state index in [2.05, 4.69) is 53.6 Å². The summed E-state index contributed by atoms with van der Waals surface area (Å²) in [6.45, 7) is 6.51. The molecule has 0 fully saturated rings. The maximum absolute atomic E-state index is 12.4. The number of hydrogen-bond acceptors (Lipinski definition) is 7. The van der Waals surface area contributed by atoms with Crippen molar-refractivity contribution < 1.29 is 14.1 Å². The number of ether oxygens (including phenoxy) is 1. The zero-order chi connectivity index (χ0) is 24.3. The van der Waals surface area contributed by atoms with E-state index in [0.717, 1.165) is 11.3 Å². The van der Waals surface area contributed by atoms with Crippen LogP contribution in [0.2, 0.25) is 5.02 Å². The number of aromatic nitrogens is 4. The van der Waals surface area contributed by atoms with Crippen LogP contribution in [0.1, 0.15) is 26.3 Å². The summed E-state index contributed by atoms with van der Waals surface area (Å²) in [7, 11) is 1.57. The molecule has 0 aliphatic rings. The Kier molecular flexibility index (Phi) is 6.95. The topological polar surface area (TPSA) is 95.1 Å². The summed E-state index contributed by atoms with van der Waals surface area (Å²) in [6, 6.07) is 15.3. The molecule has 4 aromatic rings. The maximum atomic E-state index is 12.4. The van der Waals surface area contributed by atoms with Crippen LogP contribution in [-0.4, -0.2) is 38.7 Å². The lowest BCUT2D eigenvalue weighted by atomic mass is 9.87. The van der Waals surface area contributed by atoms with Gasteiger partial charge in [0.05, 0.1) is 23.6 Å². The van der Waals surface area contributed by atoms with Gasteiger partial charge in [0.15, 0.2) is 16.8 Å². The van der Waals surface area contributed by atoms with Crippen LogP contribution in [0.25, 0.3) is 17.1 Å². The largest absolute Gasteiger partial charge is 0.495 e. The number of carbonyl (C=O) groups excluding carboxylic acids is 1. The normalized spacial score (nSPS) is 11.4. The molecule has 2 heterocycles. The molecule has 0 radical (unpaired) electrons. The number of amides is 1. The monoisotopic (exact) mass is 497 g/mol. The van der Waals surface area contributed by atoms with Gasteiger partial charge in [-0.2, -0.15) is 0 Å². The smallest absolute Gasteiger partial charge is 0.236 e. The van der Waals surface area contributed by atoms with Crippen molar-refractivity contribution in [1.29, 1.82) is 0 Å². The number of rotatable bonds is 7. The van der Waals surface area contributed by atoms with Crippen LogP contribution in [0.4, 0.5) is 5.82 Å². The van der Waals surface area contributed by atoms with E-state index in [1.54, 1.807) is 25.3 Å².